The van der Waals surface area contributed by atoms with Gasteiger partial charge in [0.25, 0.3) is 0 Å². The Kier molecular flexibility index (Phi) is 4.55. The lowest BCUT2D eigenvalue weighted by molar-refractivity contribution is -0.142. The van der Waals surface area contributed by atoms with Crippen LogP contribution in [0.3, 0.4) is 0 Å². The first-order valence-electron chi connectivity index (χ1n) is 5.16. The average Bonchev–Trinajstić information content (AvgIpc) is 2.26. The molecule has 1 fully saturated rings. The molecule has 86 valence electrons. The molecule has 5 heteroatoms. The van der Waals surface area contributed by atoms with Gasteiger partial charge in [0, 0.05) is 26.6 Å². The van der Waals surface area contributed by atoms with E-state index in [2.05, 4.69) is 0 Å². The molecule has 1 rings (SSSR count). The molecule has 1 aliphatic heterocycles. The number of carbonyl (C=O) groups excluding carboxylic acids is 1. The highest BCUT2D eigenvalue weighted by Gasteiger charge is 2.23. The number of likely N-dealkylation sites (tertiary alicyclic amines) is 1. The Balaban J connectivity index is 2.35. The van der Waals surface area contributed by atoms with Crippen molar-refractivity contribution in [1.82, 2.24) is 4.90 Å². The molecule has 0 saturated carbocycles. The van der Waals surface area contributed by atoms with Gasteiger partial charge >= 0.3 is 5.97 Å². The third kappa shape index (κ3) is 3.87. The van der Waals surface area contributed by atoms with Crippen LogP contribution in [0.2, 0.25) is 0 Å². The zero-order valence-corrected chi connectivity index (χ0v) is 8.94. The van der Waals surface area contributed by atoms with Crippen molar-refractivity contribution in [2.45, 2.75) is 31.8 Å². The molecule has 0 radical (unpaired) electrons. The molecule has 1 saturated heterocycles. The van der Waals surface area contributed by atoms with E-state index in [9.17, 15) is 9.59 Å². The van der Waals surface area contributed by atoms with Gasteiger partial charge in [0.2, 0.25) is 5.91 Å². The summed E-state index contributed by atoms with van der Waals surface area (Å²) >= 11 is 0. The molecule has 1 amide bonds. The highest BCUT2D eigenvalue weighted by molar-refractivity contribution is 5.80. The minimum atomic E-state index is -0.927. The number of carboxylic acid groups (broad SMARTS) is 1. The molecule has 0 bridgehead atoms. The smallest absolute Gasteiger partial charge is 0.303 e. The van der Waals surface area contributed by atoms with Crippen LogP contribution in [0.1, 0.15) is 25.7 Å². The molecule has 1 N–H and O–H groups in total. The first-order valence-corrected chi connectivity index (χ1v) is 5.16. The van der Waals surface area contributed by atoms with E-state index in [0.29, 0.717) is 6.54 Å². The van der Waals surface area contributed by atoms with Crippen LogP contribution in [0.5, 0.6) is 0 Å². The van der Waals surface area contributed by atoms with E-state index in [4.69, 9.17) is 9.84 Å². The number of ether oxygens (including phenoxy) is 1. The van der Waals surface area contributed by atoms with Gasteiger partial charge in [0.1, 0.15) is 0 Å². The van der Waals surface area contributed by atoms with Crippen molar-refractivity contribution < 1.29 is 19.4 Å². The maximum atomic E-state index is 11.6. The van der Waals surface area contributed by atoms with Gasteiger partial charge in [-0.2, -0.15) is 0 Å². The number of nitrogens with zero attached hydrogens (tertiary/aromatic N) is 1. The van der Waals surface area contributed by atoms with Crippen LogP contribution < -0.4 is 0 Å². The molecule has 1 atom stereocenters. The molecule has 0 aromatic heterocycles. The van der Waals surface area contributed by atoms with Crippen molar-refractivity contribution in [3.63, 3.8) is 0 Å². The normalized spacial score (nSPS) is 21.4. The van der Waals surface area contributed by atoms with Gasteiger partial charge in [-0.3, -0.25) is 9.59 Å². The molecule has 0 aliphatic carbocycles. The number of amides is 1. The van der Waals surface area contributed by atoms with Gasteiger partial charge in [0.05, 0.1) is 12.5 Å². The largest absolute Gasteiger partial charge is 0.481 e. The second-order valence-electron chi connectivity index (χ2n) is 3.73. The summed E-state index contributed by atoms with van der Waals surface area (Å²) in [5, 5.41) is 8.46. The predicted molar refractivity (Wildman–Crippen MR) is 53.5 cm³/mol. The van der Waals surface area contributed by atoms with Crippen LogP contribution in [-0.4, -0.2) is 48.2 Å². The van der Waals surface area contributed by atoms with Gasteiger partial charge in [-0.1, -0.05) is 0 Å². The fraction of sp³-hybridized carbons (Fsp3) is 0.800. The number of hydrogen-bond acceptors (Lipinski definition) is 3. The van der Waals surface area contributed by atoms with Gasteiger partial charge in [-0.25, -0.2) is 0 Å². The zero-order chi connectivity index (χ0) is 11.3. The summed E-state index contributed by atoms with van der Waals surface area (Å²) in [6.45, 7) is 1.31. The molecule has 0 spiro atoms. The van der Waals surface area contributed by atoms with Crippen LogP contribution in [-0.2, 0) is 14.3 Å². The molecular weight excluding hydrogens is 198 g/mol. The van der Waals surface area contributed by atoms with E-state index in [1.54, 1.807) is 12.0 Å². The maximum absolute atomic E-state index is 11.6. The highest BCUT2D eigenvalue weighted by Crippen LogP contribution is 2.13. The third-order valence-corrected chi connectivity index (χ3v) is 2.62. The van der Waals surface area contributed by atoms with E-state index in [0.717, 1.165) is 19.4 Å². The first kappa shape index (κ1) is 12.0. The summed E-state index contributed by atoms with van der Waals surface area (Å²) in [5.41, 5.74) is 0. The standard InChI is InChI=1S/C10H17NO4/c1-15-8-3-2-6-11(7-8)9(12)4-5-10(13)14/h8H,2-7H2,1H3,(H,13,14)/t8-/m0/s1. The summed E-state index contributed by atoms with van der Waals surface area (Å²) in [7, 11) is 1.63. The van der Waals surface area contributed by atoms with Crippen LogP contribution >= 0.6 is 0 Å². The Labute approximate surface area is 89.0 Å². The van der Waals surface area contributed by atoms with Crippen LogP contribution in [0.15, 0.2) is 0 Å². The average molecular weight is 215 g/mol. The fourth-order valence-electron chi connectivity index (χ4n) is 1.73. The van der Waals surface area contributed by atoms with Crippen LogP contribution in [0, 0.1) is 0 Å². The predicted octanol–water partition coefficient (Wildman–Crippen LogP) is 0.489. The van der Waals surface area contributed by atoms with E-state index < -0.39 is 5.97 Å². The van der Waals surface area contributed by atoms with Gasteiger partial charge < -0.3 is 14.7 Å². The number of hydrogen-bond donors (Lipinski definition) is 1. The molecule has 1 heterocycles. The monoisotopic (exact) mass is 215 g/mol. The minimum Gasteiger partial charge on any atom is -0.481 e. The number of methoxy groups -OCH3 is 1. The van der Waals surface area contributed by atoms with E-state index in [1.807, 2.05) is 0 Å². The number of aliphatic carboxylic acids is 1. The summed E-state index contributed by atoms with van der Waals surface area (Å²) in [6.07, 6.45) is 2.00. The van der Waals surface area contributed by atoms with Crippen molar-refractivity contribution in [3.8, 4) is 0 Å². The van der Waals surface area contributed by atoms with Crippen molar-refractivity contribution in [3.05, 3.63) is 0 Å². The SMILES string of the molecule is CO[C@H]1CCCN(C(=O)CCC(=O)O)C1. The first-order chi connectivity index (χ1) is 7.13. The lowest BCUT2D eigenvalue weighted by atomic mass is 10.1. The second kappa shape index (κ2) is 5.70. The Morgan fingerprint density at radius 2 is 2.20 bits per heavy atom. The topological polar surface area (TPSA) is 66.8 Å². The van der Waals surface area contributed by atoms with Gasteiger partial charge in [-0.15, -0.1) is 0 Å². The number of piperidine rings is 1. The van der Waals surface area contributed by atoms with E-state index in [1.165, 1.54) is 0 Å². The fourth-order valence-corrected chi connectivity index (χ4v) is 1.73. The van der Waals surface area contributed by atoms with Crippen LogP contribution in [0.25, 0.3) is 0 Å². The summed E-state index contributed by atoms with van der Waals surface area (Å²) in [5.74, 6) is -1.01. The molecule has 0 aromatic rings. The Morgan fingerprint density at radius 3 is 2.80 bits per heavy atom. The van der Waals surface area contributed by atoms with Crippen molar-refractivity contribution in [1.29, 1.82) is 0 Å². The molecule has 5 nitrogen and oxygen atoms in total. The zero-order valence-electron chi connectivity index (χ0n) is 8.94. The number of carboxylic acids is 1. The molecular formula is C10H17NO4. The molecule has 0 aromatic carbocycles. The Hall–Kier alpha value is -1.10. The van der Waals surface area contributed by atoms with Crippen LogP contribution in [0.4, 0.5) is 0 Å². The quantitative estimate of drug-likeness (QED) is 0.741. The van der Waals surface area contributed by atoms with Crippen molar-refractivity contribution >= 4 is 11.9 Å². The lowest BCUT2D eigenvalue weighted by Gasteiger charge is -2.31. The summed E-state index contributed by atoms with van der Waals surface area (Å²) in [6, 6.07) is 0. The summed E-state index contributed by atoms with van der Waals surface area (Å²) in [4.78, 5) is 23.6. The lowest BCUT2D eigenvalue weighted by Crippen LogP contribution is -2.42. The summed E-state index contributed by atoms with van der Waals surface area (Å²) < 4.78 is 5.19. The molecule has 15 heavy (non-hydrogen) atoms. The number of rotatable bonds is 4. The minimum absolute atomic E-state index is 0.0841. The third-order valence-electron chi connectivity index (χ3n) is 2.62. The van der Waals surface area contributed by atoms with Crippen molar-refractivity contribution in [2.24, 2.45) is 0 Å². The van der Waals surface area contributed by atoms with E-state index >= 15 is 0 Å². The Morgan fingerprint density at radius 1 is 1.47 bits per heavy atom. The van der Waals surface area contributed by atoms with Gasteiger partial charge in [-0.05, 0) is 12.8 Å². The maximum Gasteiger partial charge on any atom is 0.303 e. The highest BCUT2D eigenvalue weighted by atomic mass is 16.5. The Bertz CT molecular complexity index is 242. The van der Waals surface area contributed by atoms with Gasteiger partial charge in [0.15, 0.2) is 0 Å². The van der Waals surface area contributed by atoms with E-state index in [-0.39, 0.29) is 24.9 Å². The number of carbonyl (C=O) groups is 2. The molecule has 1 aliphatic rings. The second-order valence-corrected chi connectivity index (χ2v) is 3.73. The van der Waals surface area contributed by atoms with Crippen molar-refractivity contribution in [2.75, 3.05) is 20.2 Å². The molecule has 0 unspecified atom stereocenters.